The summed E-state index contributed by atoms with van der Waals surface area (Å²) in [5.41, 5.74) is 0.566. The normalized spacial score (nSPS) is 25.8. The molecule has 0 spiro atoms. The van der Waals surface area contributed by atoms with Crippen molar-refractivity contribution < 1.29 is 31.1 Å². The molecule has 2 aliphatic rings. The molecule has 2 aromatic rings. The van der Waals surface area contributed by atoms with Crippen molar-refractivity contribution in [3.8, 4) is 0 Å². The van der Waals surface area contributed by atoms with Crippen LogP contribution in [-0.4, -0.2) is 56.0 Å². The minimum Gasteiger partial charge on any atom is -0.469 e. The van der Waals surface area contributed by atoms with E-state index in [-0.39, 0.29) is 25.6 Å². The highest BCUT2D eigenvalue weighted by atomic mass is 32.2. The number of nitrogens with zero attached hydrogens (tertiary/aromatic N) is 3. The van der Waals surface area contributed by atoms with Crippen LogP contribution in [0.2, 0.25) is 0 Å². The van der Waals surface area contributed by atoms with Gasteiger partial charge < -0.3 is 9.64 Å². The Balaban J connectivity index is 1.61. The third-order valence-corrected chi connectivity index (χ3v) is 9.00. The van der Waals surface area contributed by atoms with Crippen LogP contribution < -0.4 is 4.90 Å². The monoisotopic (exact) mass is 497 g/mol. The lowest BCUT2D eigenvalue weighted by molar-refractivity contribution is -0.145. The summed E-state index contributed by atoms with van der Waals surface area (Å²) < 4.78 is 72.8. The number of carbonyl (C=O) groups excluding carboxylic acids is 1. The van der Waals surface area contributed by atoms with Gasteiger partial charge in [0, 0.05) is 31.4 Å². The molecule has 1 aromatic carbocycles. The lowest BCUT2D eigenvalue weighted by Crippen LogP contribution is -2.59. The molecule has 1 aliphatic carbocycles. The van der Waals surface area contributed by atoms with Gasteiger partial charge in [0.15, 0.2) is 0 Å². The van der Waals surface area contributed by atoms with Gasteiger partial charge in [-0.05, 0) is 43.5 Å². The number of anilines is 1. The molecule has 0 amide bonds. The van der Waals surface area contributed by atoms with Gasteiger partial charge in [-0.25, -0.2) is 13.4 Å². The number of esters is 1. The first-order chi connectivity index (χ1) is 15.9. The summed E-state index contributed by atoms with van der Waals surface area (Å²) in [6.45, 7) is 3.90. The van der Waals surface area contributed by atoms with Crippen LogP contribution in [0.25, 0.3) is 0 Å². The maximum atomic E-state index is 13.9. The quantitative estimate of drug-likeness (QED) is 0.603. The molecule has 0 radical (unpaired) electrons. The van der Waals surface area contributed by atoms with Crippen molar-refractivity contribution in [1.29, 1.82) is 0 Å². The number of hydrogen-bond donors (Lipinski definition) is 0. The summed E-state index contributed by atoms with van der Waals surface area (Å²) in [5, 5.41) is -1.05. The summed E-state index contributed by atoms with van der Waals surface area (Å²) in [6, 6.07) is 8.55. The zero-order valence-electron chi connectivity index (χ0n) is 19.0. The van der Waals surface area contributed by atoms with E-state index in [1.54, 1.807) is 30.9 Å². The molecule has 11 heteroatoms. The van der Waals surface area contributed by atoms with E-state index in [9.17, 15) is 26.4 Å². The molecule has 2 heterocycles. The predicted octanol–water partition coefficient (Wildman–Crippen LogP) is 3.42. The number of fused-ring (bicyclic) bond motifs is 1. The fourth-order valence-electron chi connectivity index (χ4n) is 4.92. The topological polar surface area (TPSA) is 79.8 Å². The molecule has 4 rings (SSSR count). The highest BCUT2D eigenvalue weighted by Gasteiger charge is 2.50. The average molecular weight is 498 g/mol. The van der Waals surface area contributed by atoms with Crippen LogP contribution in [0.3, 0.4) is 0 Å². The molecule has 184 valence electrons. The summed E-state index contributed by atoms with van der Waals surface area (Å²) in [7, 11) is -2.71. The van der Waals surface area contributed by atoms with E-state index in [0.717, 1.165) is 17.8 Å². The third kappa shape index (κ3) is 4.26. The SMILES string of the molecule is COC(=O)[C@@H]1Cc2ccccc2[C@@H]1S(=O)(=O)N1C[C@H](C)N(c2ccc(C(F)(F)F)cn2)C[C@@H]1C. The molecule has 0 bridgehead atoms. The second-order valence-corrected chi connectivity index (χ2v) is 10.8. The minimum absolute atomic E-state index is 0.110. The third-order valence-electron chi connectivity index (χ3n) is 6.62. The zero-order chi connectivity index (χ0) is 24.8. The van der Waals surface area contributed by atoms with Crippen LogP contribution in [0.1, 0.15) is 35.8 Å². The lowest BCUT2D eigenvalue weighted by Gasteiger charge is -2.45. The molecule has 1 fully saturated rings. The van der Waals surface area contributed by atoms with Crippen molar-refractivity contribution in [2.45, 2.75) is 43.8 Å². The first kappa shape index (κ1) is 24.5. The first-order valence-corrected chi connectivity index (χ1v) is 12.4. The summed E-state index contributed by atoms with van der Waals surface area (Å²) in [6.07, 6.45) is -3.41. The Labute approximate surface area is 196 Å². The van der Waals surface area contributed by atoms with E-state index in [1.807, 2.05) is 12.1 Å². The van der Waals surface area contributed by atoms with Gasteiger partial charge in [-0.2, -0.15) is 17.5 Å². The maximum Gasteiger partial charge on any atom is 0.417 e. The molecule has 0 N–H and O–H groups in total. The van der Waals surface area contributed by atoms with Crippen molar-refractivity contribution in [2.24, 2.45) is 5.92 Å². The number of sulfonamides is 1. The van der Waals surface area contributed by atoms with E-state index in [0.29, 0.717) is 11.4 Å². The van der Waals surface area contributed by atoms with Crippen LogP contribution in [0.4, 0.5) is 19.0 Å². The number of rotatable bonds is 4. The Bertz CT molecular complexity index is 1170. The smallest absolute Gasteiger partial charge is 0.417 e. The van der Waals surface area contributed by atoms with E-state index in [1.165, 1.54) is 17.5 Å². The first-order valence-electron chi connectivity index (χ1n) is 10.9. The molecular weight excluding hydrogens is 471 g/mol. The number of alkyl halides is 3. The fraction of sp³-hybridized carbons (Fsp3) is 0.478. The second kappa shape index (κ2) is 8.84. The average Bonchev–Trinajstić information content (AvgIpc) is 3.19. The Morgan fingerprint density at radius 3 is 2.41 bits per heavy atom. The molecule has 1 saturated heterocycles. The van der Waals surface area contributed by atoms with Crippen LogP contribution in [0.5, 0.6) is 0 Å². The van der Waals surface area contributed by atoms with Gasteiger partial charge in [0.05, 0.1) is 18.6 Å². The van der Waals surface area contributed by atoms with E-state index < -0.39 is 44.9 Å². The molecule has 1 aliphatic heterocycles. The van der Waals surface area contributed by atoms with Crippen LogP contribution in [-0.2, 0) is 32.2 Å². The van der Waals surface area contributed by atoms with Gasteiger partial charge in [-0.1, -0.05) is 24.3 Å². The van der Waals surface area contributed by atoms with E-state index >= 15 is 0 Å². The molecule has 7 nitrogen and oxygen atoms in total. The number of pyridine rings is 1. The number of methoxy groups -OCH3 is 1. The maximum absolute atomic E-state index is 13.9. The molecule has 4 atom stereocenters. The molecule has 34 heavy (non-hydrogen) atoms. The van der Waals surface area contributed by atoms with Crippen molar-refractivity contribution in [3.05, 3.63) is 59.3 Å². The van der Waals surface area contributed by atoms with E-state index in [2.05, 4.69) is 4.98 Å². The van der Waals surface area contributed by atoms with Crippen molar-refractivity contribution in [2.75, 3.05) is 25.1 Å². The number of piperazine rings is 1. The highest BCUT2D eigenvalue weighted by molar-refractivity contribution is 7.89. The standard InChI is InChI=1S/C23H26F3N3O4S/c1-14-13-29(15(2)12-28(14)20-9-8-17(11-27-20)23(24,25)26)34(31,32)21-18-7-5-4-6-16(18)10-19(21)22(30)33-3/h4-9,11,14-15,19,21H,10,12-13H2,1-3H3/t14-,15-,19+,21-/m0/s1. The van der Waals surface area contributed by atoms with Gasteiger partial charge >= 0.3 is 12.1 Å². The number of aromatic nitrogens is 1. The Hall–Kier alpha value is -2.66. The predicted molar refractivity (Wildman–Crippen MR) is 120 cm³/mol. The summed E-state index contributed by atoms with van der Waals surface area (Å²) >= 11 is 0. The number of halogens is 3. The minimum atomic E-state index is -4.48. The van der Waals surface area contributed by atoms with Gasteiger partial charge in [0.2, 0.25) is 10.0 Å². The van der Waals surface area contributed by atoms with Crippen LogP contribution in [0.15, 0.2) is 42.6 Å². The molecule has 1 aromatic heterocycles. The lowest BCUT2D eigenvalue weighted by atomic mass is 10.1. The van der Waals surface area contributed by atoms with Crippen molar-refractivity contribution >= 4 is 21.8 Å². The molecular formula is C23H26F3N3O4S. The second-order valence-electron chi connectivity index (χ2n) is 8.82. The number of hydrogen-bond acceptors (Lipinski definition) is 6. The van der Waals surface area contributed by atoms with Crippen LogP contribution >= 0.6 is 0 Å². The highest BCUT2D eigenvalue weighted by Crippen LogP contribution is 2.44. The van der Waals surface area contributed by atoms with Crippen LogP contribution in [0, 0.1) is 5.92 Å². The summed E-state index contributed by atoms with van der Waals surface area (Å²) in [5.74, 6) is -1.06. The zero-order valence-corrected chi connectivity index (χ0v) is 19.8. The van der Waals surface area contributed by atoms with Gasteiger partial charge in [-0.15, -0.1) is 0 Å². The molecule has 0 unspecified atom stereocenters. The molecule has 0 saturated carbocycles. The fourth-order valence-corrected chi connectivity index (χ4v) is 7.38. The van der Waals surface area contributed by atoms with Gasteiger partial charge in [0.1, 0.15) is 11.1 Å². The number of benzene rings is 1. The van der Waals surface area contributed by atoms with Gasteiger partial charge in [-0.3, -0.25) is 4.79 Å². The van der Waals surface area contributed by atoms with Crippen molar-refractivity contribution in [3.63, 3.8) is 0 Å². The number of carbonyl (C=O) groups is 1. The van der Waals surface area contributed by atoms with Crippen molar-refractivity contribution in [1.82, 2.24) is 9.29 Å². The Morgan fingerprint density at radius 2 is 1.79 bits per heavy atom. The van der Waals surface area contributed by atoms with Gasteiger partial charge in [0.25, 0.3) is 0 Å². The number of ether oxygens (including phenoxy) is 1. The Morgan fingerprint density at radius 1 is 1.09 bits per heavy atom. The summed E-state index contributed by atoms with van der Waals surface area (Å²) in [4.78, 5) is 18.3. The van der Waals surface area contributed by atoms with E-state index in [4.69, 9.17) is 4.74 Å². The largest absolute Gasteiger partial charge is 0.469 e. The Kier molecular flexibility index (Phi) is 6.36.